The maximum atomic E-state index is 11.7. The van der Waals surface area contributed by atoms with Gasteiger partial charge in [0.15, 0.2) is 0 Å². The highest BCUT2D eigenvalue weighted by atomic mass is 32.2. The van der Waals surface area contributed by atoms with E-state index < -0.39 is 4.75 Å². The predicted octanol–water partition coefficient (Wildman–Crippen LogP) is 2.36. The lowest BCUT2D eigenvalue weighted by atomic mass is 10.2. The highest BCUT2D eigenvalue weighted by Crippen LogP contribution is 2.33. The number of benzene rings is 1. The first kappa shape index (κ1) is 13.1. The molecule has 0 aliphatic rings. The zero-order valence-corrected chi connectivity index (χ0v) is 10.5. The van der Waals surface area contributed by atoms with Crippen LogP contribution in [0.2, 0.25) is 0 Å². The van der Waals surface area contributed by atoms with Crippen molar-refractivity contribution in [3.63, 3.8) is 0 Å². The van der Waals surface area contributed by atoms with Gasteiger partial charge in [-0.2, -0.15) is 0 Å². The maximum absolute atomic E-state index is 11.7. The smallest absolute Gasteiger partial charge is 0.324 e. The van der Waals surface area contributed by atoms with Gasteiger partial charge in [0.2, 0.25) is 0 Å². The van der Waals surface area contributed by atoms with E-state index >= 15 is 0 Å². The van der Waals surface area contributed by atoms with Crippen LogP contribution in [-0.2, 0) is 14.3 Å². The lowest BCUT2D eigenvalue weighted by Gasteiger charge is -2.24. The third kappa shape index (κ3) is 3.25. The third-order valence-electron chi connectivity index (χ3n) is 2.12. The number of hydrogen-bond acceptors (Lipinski definition) is 4. The Hall–Kier alpha value is -1.00. The molecule has 1 aromatic rings. The van der Waals surface area contributed by atoms with E-state index in [1.54, 1.807) is 7.11 Å². The van der Waals surface area contributed by atoms with Crippen molar-refractivity contribution in [2.24, 2.45) is 0 Å². The van der Waals surface area contributed by atoms with Crippen LogP contribution in [-0.4, -0.2) is 31.5 Å². The first-order valence-electron chi connectivity index (χ1n) is 4.94. The zero-order chi connectivity index (χ0) is 12.0. The summed E-state index contributed by atoms with van der Waals surface area (Å²) in [5.74, 6) is -0.275. The number of carbonyl (C=O) groups excluding carboxylic acids is 1. The van der Waals surface area contributed by atoms with Crippen LogP contribution < -0.4 is 0 Å². The molecule has 16 heavy (non-hydrogen) atoms. The molecule has 0 N–H and O–H groups in total. The molecule has 0 amide bonds. The molecule has 1 rings (SSSR count). The summed E-state index contributed by atoms with van der Waals surface area (Å²) in [4.78, 5) is 12.7. The van der Waals surface area contributed by atoms with Crippen LogP contribution in [0.5, 0.6) is 0 Å². The van der Waals surface area contributed by atoms with Gasteiger partial charge in [-0.05, 0) is 19.1 Å². The Morgan fingerprint density at radius 1 is 1.31 bits per heavy atom. The number of thioether (sulfide) groups is 1. The van der Waals surface area contributed by atoms with Gasteiger partial charge in [0.1, 0.15) is 4.75 Å². The van der Waals surface area contributed by atoms with Crippen molar-refractivity contribution in [2.75, 3.05) is 20.8 Å². The first-order valence-corrected chi connectivity index (χ1v) is 5.75. The summed E-state index contributed by atoms with van der Waals surface area (Å²) in [7, 11) is 2.97. The molecular formula is C12H16O3S. The van der Waals surface area contributed by atoms with Crippen molar-refractivity contribution >= 4 is 17.7 Å². The Morgan fingerprint density at radius 2 is 1.94 bits per heavy atom. The molecule has 1 atom stereocenters. The van der Waals surface area contributed by atoms with Crippen molar-refractivity contribution in [1.82, 2.24) is 0 Å². The van der Waals surface area contributed by atoms with Crippen molar-refractivity contribution < 1.29 is 14.3 Å². The minimum atomic E-state index is -0.704. The Labute approximate surface area is 100 Å². The molecule has 0 bridgehead atoms. The topological polar surface area (TPSA) is 35.5 Å². The molecule has 0 saturated heterocycles. The third-order valence-corrected chi connectivity index (χ3v) is 3.37. The van der Waals surface area contributed by atoms with Crippen molar-refractivity contribution in [1.29, 1.82) is 0 Å². The Balaban J connectivity index is 2.83. The molecule has 0 spiro atoms. The lowest BCUT2D eigenvalue weighted by molar-refractivity contribution is -0.144. The van der Waals surface area contributed by atoms with Crippen LogP contribution in [0, 0.1) is 0 Å². The van der Waals surface area contributed by atoms with E-state index in [2.05, 4.69) is 0 Å². The average Bonchev–Trinajstić information content (AvgIpc) is 2.29. The van der Waals surface area contributed by atoms with Gasteiger partial charge in [0, 0.05) is 12.0 Å². The lowest BCUT2D eigenvalue weighted by Crippen LogP contribution is -2.37. The molecule has 1 unspecified atom stereocenters. The summed E-state index contributed by atoms with van der Waals surface area (Å²) in [6.45, 7) is 2.14. The number of ether oxygens (including phenoxy) is 2. The van der Waals surface area contributed by atoms with Gasteiger partial charge in [-0.3, -0.25) is 4.79 Å². The molecule has 0 radical (unpaired) electrons. The normalized spacial score (nSPS) is 14.2. The number of carbonyl (C=O) groups is 1. The second kappa shape index (κ2) is 5.92. The molecular weight excluding hydrogens is 224 g/mol. The van der Waals surface area contributed by atoms with E-state index in [0.717, 1.165) is 4.90 Å². The predicted molar refractivity (Wildman–Crippen MR) is 64.6 cm³/mol. The standard InChI is InChI=1S/C12H16O3S/c1-12(9-14-2,11(13)15-3)16-10-7-5-4-6-8-10/h4-8H,9H2,1-3H3. The summed E-state index contributed by atoms with van der Waals surface area (Å²) >= 11 is 1.45. The van der Waals surface area contributed by atoms with E-state index in [1.807, 2.05) is 37.3 Å². The average molecular weight is 240 g/mol. The maximum Gasteiger partial charge on any atom is 0.324 e. The van der Waals surface area contributed by atoms with Gasteiger partial charge in [0.25, 0.3) is 0 Å². The Kier molecular flexibility index (Phi) is 4.83. The number of methoxy groups -OCH3 is 2. The van der Waals surface area contributed by atoms with E-state index in [1.165, 1.54) is 18.9 Å². The molecule has 0 aliphatic carbocycles. The van der Waals surface area contributed by atoms with Gasteiger partial charge in [-0.1, -0.05) is 18.2 Å². The van der Waals surface area contributed by atoms with Crippen molar-refractivity contribution in [3.05, 3.63) is 30.3 Å². The fourth-order valence-electron chi connectivity index (χ4n) is 1.37. The molecule has 0 heterocycles. The monoisotopic (exact) mass is 240 g/mol. The zero-order valence-electron chi connectivity index (χ0n) is 9.73. The summed E-state index contributed by atoms with van der Waals surface area (Å²) in [6, 6.07) is 9.73. The van der Waals surface area contributed by atoms with Gasteiger partial charge in [-0.15, -0.1) is 11.8 Å². The van der Waals surface area contributed by atoms with E-state index in [-0.39, 0.29) is 5.97 Å². The van der Waals surface area contributed by atoms with Crippen LogP contribution in [0.25, 0.3) is 0 Å². The minimum absolute atomic E-state index is 0.275. The molecule has 0 fully saturated rings. The highest BCUT2D eigenvalue weighted by Gasteiger charge is 2.35. The Morgan fingerprint density at radius 3 is 2.44 bits per heavy atom. The largest absolute Gasteiger partial charge is 0.468 e. The highest BCUT2D eigenvalue weighted by molar-refractivity contribution is 8.01. The fourth-order valence-corrected chi connectivity index (χ4v) is 2.53. The summed E-state index contributed by atoms with van der Waals surface area (Å²) < 4.78 is 9.18. The van der Waals surface area contributed by atoms with Crippen molar-refractivity contribution in [3.8, 4) is 0 Å². The first-order chi connectivity index (χ1) is 7.62. The minimum Gasteiger partial charge on any atom is -0.468 e. The van der Waals surface area contributed by atoms with Gasteiger partial charge in [-0.25, -0.2) is 0 Å². The fraction of sp³-hybridized carbons (Fsp3) is 0.417. The van der Waals surface area contributed by atoms with E-state index in [9.17, 15) is 4.79 Å². The van der Waals surface area contributed by atoms with Crippen LogP contribution in [0.15, 0.2) is 35.2 Å². The van der Waals surface area contributed by atoms with Crippen LogP contribution >= 0.6 is 11.8 Å². The Bertz CT molecular complexity index is 339. The molecule has 0 saturated carbocycles. The second-order valence-electron chi connectivity index (χ2n) is 3.57. The van der Waals surface area contributed by atoms with E-state index in [4.69, 9.17) is 9.47 Å². The molecule has 3 nitrogen and oxygen atoms in total. The van der Waals surface area contributed by atoms with Gasteiger partial charge < -0.3 is 9.47 Å². The van der Waals surface area contributed by atoms with Crippen LogP contribution in [0.4, 0.5) is 0 Å². The summed E-state index contributed by atoms with van der Waals surface area (Å²) in [5, 5.41) is 0. The summed E-state index contributed by atoms with van der Waals surface area (Å²) in [5.41, 5.74) is 0. The van der Waals surface area contributed by atoms with Crippen molar-refractivity contribution in [2.45, 2.75) is 16.6 Å². The molecule has 1 aromatic carbocycles. The SMILES string of the molecule is COCC(C)(Sc1ccccc1)C(=O)OC. The van der Waals surface area contributed by atoms with Crippen LogP contribution in [0.1, 0.15) is 6.92 Å². The quantitative estimate of drug-likeness (QED) is 0.584. The van der Waals surface area contributed by atoms with E-state index in [0.29, 0.717) is 6.61 Å². The summed E-state index contributed by atoms with van der Waals surface area (Å²) in [6.07, 6.45) is 0. The molecule has 4 heteroatoms. The van der Waals surface area contributed by atoms with Gasteiger partial charge in [0.05, 0.1) is 13.7 Å². The molecule has 88 valence electrons. The van der Waals surface area contributed by atoms with Gasteiger partial charge >= 0.3 is 5.97 Å². The number of esters is 1. The molecule has 0 aliphatic heterocycles. The number of rotatable bonds is 5. The second-order valence-corrected chi connectivity index (χ2v) is 5.15. The van der Waals surface area contributed by atoms with Crippen LogP contribution in [0.3, 0.4) is 0 Å². The number of hydrogen-bond donors (Lipinski definition) is 0. The molecule has 0 aromatic heterocycles.